The summed E-state index contributed by atoms with van der Waals surface area (Å²) < 4.78 is 0. The van der Waals surface area contributed by atoms with Crippen molar-refractivity contribution in [3.8, 4) is 17.0 Å². The van der Waals surface area contributed by atoms with E-state index < -0.39 is 0 Å². The summed E-state index contributed by atoms with van der Waals surface area (Å²) in [6.07, 6.45) is 11.7. The molecule has 0 bridgehead atoms. The van der Waals surface area contributed by atoms with Gasteiger partial charge in [0.25, 0.3) is 5.91 Å². The number of amides is 1. The van der Waals surface area contributed by atoms with Crippen LogP contribution in [0.25, 0.3) is 22.2 Å². The zero-order chi connectivity index (χ0) is 22.9. The van der Waals surface area contributed by atoms with Crippen molar-refractivity contribution in [2.75, 3.05) is 0 Å². The molecule has 164 valence electrons. The minimum absolute atomic E-state index is 0.104. The average Bonchev–Trinajstić information content (AvgIpc) is 2.82. The number of benzene rings is 2. The Labute approximate surface area is 190 Å². The van der Waals surface area contributed by atoms with Crippen LogP contribution in [0, 0.1) is 0 Å². The Hall–Kier alpha value is -3.66. The minimum atomic E-state index is -0.313. The standard InChI is InChI=1S/C28H30N2O2/c1-4-7-9-15-20(14-5-2)23(6-3)30-28(32)25-22-18-12-13-19-24(22)29-26(27(25)31)21-16-10-8-11-17-21/h4-5,7-8,10-19,23,31H,6,9H2,1-3H3,(H,30,32)/b7-4?,14-5-,20-15+. The predicted octanol–water partition coefficient (Wildman–Crippen LogP) is 6.58. The van der Waals surface area contributed by atoms with Crippen LogP contribution in [0.1, 0.15) is 44.0 Å². The van der Waals surface area contributed by atoms with Gasteiger partial charge in [-0.15, -0.1) is 0 Å². The molecule has 4 nitrogen and oxygen atoms in total. The van der Waals surface area contributed by atoms with Crippen LogP contribution in [0.2, 0.25) is 0 Å². The van der Waals surface area contributed by atoms with Crippen molar-refractivity contribution >= 4 is 16.8 Å². The number of carbonyl (C=O) groups excluding carboxylic acids is 1. The van der Waals surface area contributed by atoms with Crippen molar-refractivity contribution in [2.24, 2.45) is 0 Å². The molecule has 0 aliphatic rings. The van der Waals surface area contributed by atoms with Gasteiger partial charge in [-0.3, -0.25) is 4.79 Å². The molecule has 4 heteroatoms. The first-order valence-electron chi connectivity index (χ1n) is 11.0. The van der Waals surface area contributed by atoms with E-state index in [0.717, 1.165) is 24.0 Å². The molecule has 1 amide bonds. The monoisotopic (exact) mass is 426 g/mol. The quantitative estimate of drug-likeness (QED) is 0.316. The molecule has 0 spiro atoms. The highest BCUT2D eigenvalue weighted by Crippen LogP contribution is 2.35. The summed E-state index contributed by atoms with van der Waals surface area (Å²) in [5.74, 6) is -0.417. The van der Waals surface area contributed by atoms with Crippen molar-refractivity contribution < 1.29 is 9.90 Å². The van der Waals surface area contributed by atoms with Crippen molar-refractivity contribution in [2.45, 2.75) is 39.7 Å². The van der Waals surface area contributed by atoms with Gasteiger partial charge in [0.15, 0.2) is 5.75 Å². The minimum Gasteiger partial charge on any atom is -0.505 e. The van der Waals surface area contributed by atoms with Gasteiger partial charge in [0.05, 0.1) is 17.1 Å². The summed E-state index contributed by atoms with van der Waals surface area (Å²) >= 11 is 0. The lowest BCUT2D eigenvalue weighted by molar-refractivity contribution is 0.0941. The molecule has 0 radical (unpaired) electrons. The summed E-state index contributed by atoms with van der Waals surface area (Å²) in [4.78, 5) is 18.1. The number of nitrogens with one attached hydrogen (secondary N) is 1. The molecule has 0 aliphatic heterocycles. The number of hydrogen-bond donors (Lipinski definition) is 2. The van der Waals surface area contributed by atoms with E-state index in [0.29, 0.717) is 16.6 Å². The number of nitrogens with zero attached hydrogens (tertiary/aromatic N) is 1. The Morgan fingerprint density at radius 2 is 1.78 bits per heavy atom. The van der Waals surface area contributed by atoms with E-state index in [-0.39, 0.29) is 23.3 Å². The van der Waals surface area contributed by atoms with E-state index in [1.165, 1.54) is 0 Å². The molecule has 3 aromatic rings. The number of para-hydroxylation sites is 1. The number of hydrogen-bond acceptors (Lipinski definition) is 3. The third kappa shape index (κ3) is 5.14. The molecule has 3 rings (SSSR count). The molecule has 1 heterocycles. The van der Waals surface area contributed by atoms with Gasteiger partial charge in [0.2, 0.25) is 0 Å². The molecular weight excluding hydrogens is 396 g/mol. The predicted molar refractivity (Wildman–Crippen MR) is 133 cm³/mol. The van der Waals surface area contributed by atoms with Crippen LogP contribution in [0.5, 0.6) is 5.75 Å². The van der Waals surface area contributed by atoms with Crippen LogP contribution in [0.15, 0.2) is 90.6 Å². The second-order valence-corrected chi connectivity index (χ2v) is 7.51. The highest BCUT2D eigenvalue weighted by Gasteiger charge is 2.23. The summed E-state index contributed by atoms with van der Waals surface area (Å²) in [5.41, 5.74) is 3.13. The Kier molecular flexibility index (Phi) is 7.98. The van der Waals surface area contributed by atoms with E-state index in [4.69, 9.17) is 0 Å². The lowest BCUT2D eigenvalue weighted by atomic mass is 9.99. The maximum atomic E-state index is 13.5. The zero-order valence-electron chi connectivity index (χ0n) is 18.9. The highest BCUT2D eigenvalue weighted by molar-refractivity contribution is 6.10. The number of aromatic nitrogens is 1. The van der Waals surface area contributed by atoms with Gasteiger partial charge in [-0.1, -0.05) is 85.8 Å². The number of rotatable bonds is 8. The SMILES string of the molecule is CC=CC/C=C(\C=C/C)C(CC)NC(=O)c1c(O)c(-c2ccccc2)nc2ccccc12. The average molecular weight is 427 g/mol. The van der Waals surface area contributed by atoms with Gasteiger partial charge in [-0.05, 0) is 38.3 Å². The second-order valence-electron chi connectivity index (χ2n) is 7.51. The summed E-state index contributed by atoms with van der Waals surface area (Å²) in [6.45, 7) is 5.99. The highest BCUT2D eigenvalue weighted by atomic mass is 16.3. The Morgan fingerprint density at radius 3 is 2.47 bits per heavy atom. The number of pyridine rings is 1. The van der Waals surface area contributed by atoms with E-state index in [1.807, 2.05) is 93.6 Å². The maximum Gasteiger partial charge on any atom is 0.256 e. The van der Waals surface area contributed by atoms with Crippen molar-refractivity contribution in [1.82, 2.24) is 10.3 Å². The third-order valence-corrected chi connectivity index (χ3v) is 5.34. The zero-order valence-corrected chi connectivity index (χ0v) is 18.9. The Bertz CT molecular complexity index is 1160. The molecule has 1 unspecified atom stereocenters. The molecule has 0 fully saturated rings. The van der Waals surface area contributed by atoms with E-state index in [2.05, 4.69) is 22.5 Å². The van der Waals surface area contributed by atoms with Crippen LogP contribution >= 0.6 is 0 Å². The first-order valence-corrected chi connectivity index (χ1v) is 11.0. The fraction of sp³-hybridized carbons (Fsp3) is 0.214. The molecule has 0 aliphatic carbocycles. The summed E-state index contributed by atoms with van der Waals surface area (Å²) in [5, 5.41) is 14.9. The molecule has 2 aromatic carbocycles. The fourth-order valence-corrected chi connectivity index (χ4v) is 3.74. The van der Waals surface area contributed by atoms with Crippen molar-refractivity contribution in [1.29, 1.82) is 0 Å². The summed E-state index contributed by atoms with van der Waals surface area (Å²) in [7, 11) is 0. The molecule has 1 atom stereocenters. The molecule has 2 N–H and O–H groups in total. The first kappa shape index (κ1) is 23.0. The molecular formula is C28H30N2O2. The van der Waals surface area contributed by atoms with Crippen molar-refractivity contribution in [3.05, 3.63) is 96.1 Å². The fourth-order valence-electron chi connectivity index (χ4n) is 3.74. The number of fused-ring (bicyclic) bond motifs is 1. The van der Waals surface area contributed by atoms with Gasteiger partial charge < -0.3 is 10.4 Å². The smallest absolute Gasteiger partial charge is 0.256 e. The summed E-state index contributed by atoms with van der Waals surface area (Å²) in [6, 6.07) is 16.7. The van der Waals surface area contributed by atoms with Crippen LogP contribution < -0.4 is 5.32 Å². The van der Waals surface area contributed by atoms with Gasteiger partial charge in [-0.2, -0.15) is 0 Å². The molecule has 32 heavy (non-hydrogen) atoms. The van der Waals surface area contributed by atoms with Gasteiger partial charge >= 0.3 is 0 Å². The number of carbonyl (C=O) groups is 1. The Balaban J connectivity index is 2.06. The van der Waals surface area contributed by atoms with Gasteiger partial charge in [0, 0.05) is 10.9 Å². The second kappa shape index (κ2) is 11.1. The van der Waals surface area contributed by atoms with E-state index in [9.17, 15) is 9.90 Å². The topological polar surface area (TPSA) is 62.2 Å². The lowest BCUT2D eigenvalue weighted by Crippen LogP contribution is -2.35. The normalized spacial score (nSPS) is 13.2. The van der Waals surface area contributed by atoms with Gasteiger partial charge in [0.1, 0.15) is 5.69 Å². The molecule has 0 saturated carbocycles. The van der Waals surface area contributed by atoms with Crippen LogP contribution in [0.3, 0.4) is 0 Å². The lowest BCUT2D eigenvalue weighted by Gasteiger charge is -2.20. The van der Waals surface area contributed by atoms with Crippen LogP contribution in [-0.2, 0) is 0 Å². The molecule has 0 saturated heterocycles. The first-order chi connectivity index (χ1) is 15.6. The van der Waals surface area contributed by atoms with Gasteiger partial charge in [-0.25, -0.2) is 4.98 Å². The van der Waals surface area contributed by atoms with Crippen LogP contribution in [-0.4, -0.2) is 22.0 Å². The maximum absolute atomic E-state index is 13.5. The number of allylic oxidation sites excluding steroid dienone is 4. The third-order valence-electron chi connectivity index (χ3n) is 5.34. The molecule has 1 aromatic heterocycles. The number of aromatic hydroxyl groups is 1. The van der Waals surface area contributed by atoms with Crippen LogP contribution in [0.4, 0.5) is 0 Å². The largest absolute Gasteiger partial charge is 0.505 e. The van der Waals surface area contributed by atoms with Crippen molar-refractivity contribution in [3.63, 3.8) is 0 Å². The van der Waals surface area contributed by atoms with E-state index >= 15 is 0 Å². The van der Waals surface area contributed by atoms with E-state index in [1.54, 1.807) is 0 Å². The Morgan fingerprint density at radius 1 is 1.06 bits per heavy atom.